The molecule has 44 heavy (non-hydrogen) atoms. The zero-order chi connectivity index (χ0) is 32.4. The van der Waals surface area contributed by atoms with Crippen molar-refractivity contribution in [2.24, 2.45) is 0 Å². The Morgan fingerprint density at radius 2 is 1.66 bits per heavy atom. The van der Waals surface area contributed by atoms with Crippen LogP contribution < -0.4 is 0 Å². The minimum absolute atomic E-state index is 0.0194. The Kier molecular flexibility index (Phi) is 10.2. The number of carbonyl (C=O) groups excluding carboxylic acids is 1. The first kappa shape index (κ1) is 34.0. The number of amides is 1. The molecule has 2 aliphatic heterocycles. The number of hydrogen-bond donors (Lipinski definition) is 1. The van der Waals surface area contributed by atoms with Gasteiger partial charge in [-0.1, -0.05) is 12.1 Å². The van der Waals surface area contributed by atoms with Crippen molar-refractivity contribution in [3.63, 3.8) is 0 Å². The van der Waals surface area contributed by atoms with Gasteiger partial charge in [0.15, 0.2) is 0 Å². The highest BCUT2D eigenvalue weighted by Gasteiger charge is 2.40. The number of phenols is 1. The summed E-state index contributed by atoms with van der Waals surface area (Å²) in [6.07, 6.45) is -9.95. The standard InChI is InChI=1S/C31H39F6N3O4/c1-20-5-6-21(12-27(20)41)11-25-16-38(7-9-39-17-26(18-43-4)44-19-29(39,2)3)8-10-40(25)28(42)22-13-23(30(32,33)34)15-24(14-22)31(35,36)37/h5-6,12-15,25-26,41H,7-11,16-19H2,1-4H3. The molecule has 13 heteroatoms. The minimum Gasteiger partial charge on any atom is -0.508 e. The van der Waals surface area contributed by atoms with E-state index >= 15 is 0 Å². The zero-order valence-electron chi connectivity index (χ0n) is 25.3. The Balaban J connectivity index is 1.58. The Hall–Kier alpha value is -2.87. The number of carbonyl (C=O) groups is 1. The summed E-state index contributed by atoms with van der Waals surface area (Å²) >= 11 is 0. The van der Waals surface area contributed by atoms with E-state index < -0.39 is 41.0 Å². The van der Waals surface area contributed by atoms with E-state index in [2.05, 4.69) is 23.6 Å². The third kappa shape index (κ3) is 8.23. The summed E-state index contributed by atoms with van der Waals surface area (Å²) in [6.45, 7) is 9.72. The molecule has 2 saturated heterocycles. The van der Waals surface area contributed by atoms with Gasteiger partial charge in [-0.05, 0) is 62.6 Å². The predicted octanol–water partition coefficient (Wildman–Crippen LogP) is 5.23. The SMILES string of the molecule is COCC1CN(CCN2CCN(C(=O)c3cc(C(F)(F)F)cc(C(F)(F)F)c3)C(Cc3ccc(C)c(O)c3)C2)C(C)(C)CO1. The molecule has 7 nitrogen and oxygen atoms in total. The third-order valence-electron chi connectivity index (χ3n) is 8.40. The number of piperazine rings is 1. The molecule has 2 fully saturated rings. The summed E-state index contributed by atoms with van der Waals surface area (Å²) in [4.78, 5) is 19.5. The Labute approximate surface area is 253 Å². The van der Waals surface area contributed by atoms with Gasteiger partial charge in [0.2, 0.25) is 0 Å². The van der Waals surface area contributed by atoms with Gasteiger partial charge in [0.25, 0.3) is 5.91 Å². The van der Waals surface area contributed by atoms with Gasteiger partial charge in [-0.2, -0.15) is 26.3 Å². The molecular formula is C31H39F6N3O4. The minimum atomic E-state index is -5.07. The number of aryl methyl sites for hydroxylation is 1. The number of methoxy groups -OCH3 is 1. The van der Waals surface area contributed by atoms with E-state index in [0.717, 1.165) is 0 Å². The van der Waals surface area contributed by atoms with Gasteiger partial charge in [-0.25, -0.2) is 0 Å². The molecule has 0 aliphatic carbocycles. The highest BCUT2D eigenvalue weighted by atomic mass is 19.4. The fourth-order valence-electron chi connectivity index (χ4n) is 5.76. The smallest absolute Gasteiger partial charge is 0.416 e. The molecule has 0 aromatic heterocycles. The predicted molar refractivity (Wildman–Crippen MR) is 152 cm³/mol. The molecular weight excluding hydrogens is 592 g/mol. The van der Waals surface area contributed by atoms with Crippen LogP contribution in [0.4, 0.5) is 26.3 Å². The zero-order valence-corrected chi connectivity index (χ0v) is 25.3. The summed E-state index contributed by atoms with van der Waals surface area (Å²) in [5, 5.41) is 10.3. The van der Waals surface area contributed by atoms with Crippen molar-refractivity contribution in [2.45, 2.75) is 57.2 Å². The molecule has 2 aliphatic rings. The fraction of sp³-hybridized carbons (Fsp3) is 0.581. The molecule has 2 aromatic rings. The number of ether oxygens (including phenoxy) is 2. The topological polar surface area (TPSA) is 65.5 Å². The van der Waals surface area contributed by atoms with Gasteiger partial charge in [0.1, 0.15) is 5.75 Å². The highest BCUT2D eigenvalue weighted by Crippen LogP contribution is 2.37. The number of benzene rings is 2. The number of aromatic hydroxyl groups is 1. The second-order valence-electron chi connectivity index (χ2n) is 12.2. The maximum Gasteiger partial charge on any atom is 0.416 e. The van der Waals surface area contributed by atoms with Crippen LogP contribution in [0.2, 0.25) is 0 Å². The van der Waals surface area contributed by atoms with E-state index in [1.54, 1.807) is 32.2 Å². The summed E-state index contributed by atoms with van der Waals surface area (Å²) in [6, 6.07) is 5.48. The first-order chi connectivity index (χ1) is 20.5. The van der Waals surface area contributed by atoms with Crippen molar-refractivity contribution in [1.29, 1.82) is 0 Å². The van der Waals surface area contributed by atoms with E-state index in [1.165, 1.54) is 4.90 Å². The average molecular weight is 632 g/mol. The second-order valence-corrected chi connectivity index (χ2v) is 12.2. The molecule has 0 radical (unpaired) electrons. The lowest BCUT2D eigenvalue weighted by molar-refractivity contribution is -0.143. The molecule has 0 spiro atoms. The first-order valence-electron chi connectivity index (χ1n) is 14.4. The molecule has 1 amide bonds. The van der Waals surface area contributed by atoms with E-state index in [9.17, 15) is 36.2 Å². The summed E-state index contributed by atoms with van der Waals surface area (Å²) in [5.41, 5.74) is -2.62. The first-order valence-corrected chi connectivity index (χ1v) is 14.4. The van der Waals surface area contributed by atoms with Crippen LogP contribution in [-0.4, -0.2) is 103 Å². The van der Waals surface area contributed by atoms with Gasteiger partial charge in [-0.3, -0.25) is 14.6 Å². The van der Waals surface area contributed by atoms with Crippen molar-refractivity contribution in [3.8, 4) is 5.75 Å². The Morgan fingerprint density at radius 3 is 2.25 bits per heavy atom. The van der Waals surface area contributed by atoms with Crippen LogP contribution in [0, 0.1) is 6.92 Å². The molecule has 2 atom stereocenters. The largest absolute Gasteiger partial charge is 0.508 e. The maximum absolute atomic E-state index is 13.7. The van der Waals surface area contributed by atoms with Crippen LogP contribution in [-0.2, 0) is 28.2 Å². The molecule has 244 valence electrons. The second kappa shape index (κ2) is 13.2. The Morgan fingerprint density at radius 1 is 1.00 bits per heavy atom. The van der Waals surface area contributed by atoms with Crippen LogP contribution in [0.3, 0.4) is 0 Å². The number of rotatable bonds is 8. The number of phenolic OH excluding ortho intramolecular Hbond substituents is 1. The van der Waals surface area contributed by atoms with Crippen molar-refractivity contribution in [1.82, 2.24) is 14.7 Å². The van der Waals surface area contributed by atoms with Crippen molar-refractivity contribution < 1.29 is 45.7 Å². The van der Waals surface area contributed by atoms with E-state index in [1.807, 2.05) is 0 Å². The summed E-state index contributed by atoms with van der Waals surface area (Å²) < 4.78 is 92.4. The van der Waals surface area contributed by atoms with Gasteiger partial charge in [0, 0.05) is 63.5 Å². The van der Waals surface area contributed by atoms with E-state index in [0.29, 0.717) is 69.2 Å². The summed E-state index contributed by atoms with van der Waals surface area (Å²) in [5.74, 6) is -0.847. The molecule has 2 aromatic carbocycles. The number of alkyl halides is 6. The number of nitrogens with zero attached hydrogens (tertiary/aromatic N) is 3. The fourth-order valence-corrected chi connectivity index (χ4v) is 5.76. The number of hydrogen-bond acceptors (Lipinski definition) is 6. The van der Waals surface area contributed by atoms with Crippen LogP contribution in [0.25, 0.3) is 0 Å². The van der Waals surface area contributed by atoms with Crippen molar-refractivity contribution in [2.75, 3.05) is 59.6 Å². The van der Waals surface area contributed by atoms with Gasteiger partial charge in [0.05, 0.1) is 30.4 Å². The lowest BCUT2D eigenvalue weighted by Crippen LogP contribution is -2.60. The molecule has 0 saturated carbocycles. The molecule has 4 rings (SSSR count). The van der Waals surface area contributed by atoms with E-state index in [-0.39, 0.29) is 36.4 Å². The number of halogens is 6. The highest BCUT2D eigenvalue weighted by molar-refractivity contribution is 5.95. The van der Waals surface area contributed by atoms with Crippen molar-refractivity contribution in [3.05, 3.63) is 64.2 Å². The van der Waals surface area contributed by atoms with Crippen LogP contribution >= 0.6 is 0 Å². The van der Waals surface area contributed by atoms with Gasteiger partial charge in [-0.15, -0.1) is 0 Å². The summed E-state index contributed by atoms with van der Waals surface area (Å²) in [7, 11) is 1.62. The Bertz CT molecular complexity index is 1280. The average Bonchev–Trinajstić information content (AvgIpc) is 2.94. The van der Waals surface area contributed by atoms with Crippen LogP contribution in [0.5, 0.6) is 5.75 Å². The quantitative estimate of drug-likeness (QED) is 0.403. The third-order valence-corrected chi connectivity index (χ3v) is 8.40. The van der Waals surface area contributed by atoms with Crippen LogP contribution in [0.15, 0.2) is 36.4 Å². The molecule has 0 bridgehead atoms. The molecule has 1 N–H and O–H groups in total. The lowest BCUT2D eigenvalue weighted by Gasteiger charge is -2.47. The lowest BCUT2D eigenvalue weighted by atomic mass is 9.98. The molecule has 2 heterocycles. The van der Waals surface area contributed by atoms with Gasteiger partial charge < -0.3 is 19.5 Å². The normalized spacial score (nSPS) is 21.9. The number of morpholine rings is 1. The van der Waals surface area contributed by atoms with Gasteiger partial charge >= 0.3 is 12.4 Å². The van der Waals surface area contributed by atoms with Crippen LogP contribution in [0.1, 0.15) is 46.5 Å². The monoisotopic (exact) mass is 631 g/mol. The molecule has 2 unspecified atom stereocenters. The maximum atomic E-state index is 13.7. The van der Waals surface area contributed by atoms with E-state index in [4.69, 9.17) is 9.47 Å². The van der Waals surface area contributed by atoms with Crippen molar-refractivity contribution >= 4 is 5.91 Å².